The van der Waals surface area contributed by atoms with Crippen LogP contribution in [0.3, 0.4) is 0 Å². The van der Waals surface area contributed by atoms with Gasteiger partial charge in [-0.2, -0.15) is 0 Å². The van der Waals surface area contributed by atoms with Crippen molar-refractivity contribution in [2.24, 2.45) is 5.92 Å². The molecule has 150 valence electrons. The van der Waals surface area contributed by atoms with Gasteiger partial charge in [-0.3, -0.25) is 9.59 Å². The molecule has 6 heteroatoms. The van der Waals surface area contributed by atoms with Crippen molar-refractivity contribution >= 4 is 22.6 Å². The van der Waals surface area contributed by atoms with Crippen LogP contribution in [0.1, 0.15) is 30.1 Å². The summed E-state index contributed by atoms with van der Waals surface area (Å²) in [6.07, 6.45) is 1.61. The molecule has 2 amide bonds. The molecule has 0 aromatic heterocycles. The van der Waals surface area contributed by atoms with Gasteiger partial charge < -0.3 is 19.7 Å². The Labute approximate surface area is 165 Å². The van der Waals surface area contributed by atoms with Gasteiger partial charge in [-0.1, -0.05) is 24.3 Å². The highest BCUT2D eigenvalue weighted by molar-refractivity contribution is 6.08. The normalized spacial score (nSPS) is 18.0. The first kappa shape index (κ1) is 20.1. The molecular formula is C22H28N2O4. The Bertz CT molecular complexity index is 852. The summed E-state index contributed by atoms with van der Waals surface area (Å²) < 4.78 is 10.5. The third kappa shape index (κ3) is 4.28. The van der Waals surface area contributed by atoms with Crippen molar-refractivity contribution in [3.8, 4) is 5.75 Å². The van der Waals surface area contributed by atoms with Crippen LogP contribution in [-0.2, 0) is 9.53 Å². The minimum Gasteiger partial charge on any atom is -0.496 e. The predicted molar refractivity (Wildman–Crippen MR) is 109 cm³/mol. The molecule has 0 aliphatic carbocycles. The van der Waals surface area contributed by atoms with Gasteiger partial charge in [0, 0.05) is 37.2 Å². The molecule has 0 bridgehead atoms. The van der Waals surface area contributed by atoms with E-state index in [1.54, 1.807) is 19.1 Å². The summed E-state index contributed by atoms with van der Waals surface area (Å²) in [5.41, 5.74) is 0.644. The second kappa shape index (κ2) is 9.06. The molecule has 2 aromatic rings. The molecule has 1 heterocycles. The SMILES string of the molecule is COCC(C)NC(=O)C1CCCN(C(=O)c2ccc(OC)c3ccccc23)C1. The van der Waals surface area contributed by atoms with E-state index in [1.807, 2.05) is 43.3 Å². The van der Waals surface area contributed by atoms with Crippen LogP contribution in [0.25, 0.3) is 10.8 Å². The lowest BCUT2D eigenvalue weighted by atomic mass is 9.95. The number of benzene rings is 2. The Hall–Kier alpha value is -2.60. The lowest BCUT2D eigenvalue weighted by Gasteiger charge is -2.33. The number of piperidine rings is 1. The molecule has 1 N–H and O–H groups in total. The van der Waals surface area contributed by atoms with Crippen molar-refractivity contribution in [2.75, 3.05) is 33.9 Å². The zero-order valence-electron chi connectivity index (χ0n) is 16.7. The summed E-state index contributed by atoms with van der Waals surface area (Å²) in [5.74, 6) is 0.500. The third-order valence-corrected chi connectivity index (χ3v) is 5.22. The number of hydrogen-bond acceptors (Lipinski definition) is 4. The van der Waals surface area contributed by atoms with E-state index >= 15 is 0 Å². The largest absolute Gasteiger partial charge is 0.496 e. The minimum absolute atomic E-state index is 0.0124. The minimum atomic E-state index is -0.193. The summed E-state index contributed by atoms with van der Waals surface area (Å²) in [6.45, 7) is 3.48. The highest BCUT2D eigenvalue weighted by Crippen LogP contribution is 2.30. The Morgan fingerprint density at radius 3 is 2.64 bits per heavy atom. The van der Waals surface area contributed by atoms with Crippen LogP contribution in [0.5, 0.6) is 5.75 Å². The maximum atomic E-state index is 13.2. The molecule has 1 aliphatic rings. The second-order valence-electron chi connectivity index (χ2n) is 7.32. The number of rotatable bonds is 6. The fraction of sp³-hybridized carbons (Fsp3) is 0.455. The third-order valence-electron chi connectivity index (χ3n) is 5.22. The highest BCUT2D eigenvalue weighted by atomic mass is 16.5. The van der Waals surface area contributed by atoms with Crippen LogP contribution < -0.4 is 10.1 Å². The number of fused-ring (bicyclic) bond motifs is 1. The van der Waals surface area contributed by atoms with Crippen molar-refractivity contribution in [2.45, 2.75) is 25.8 Å². The van der Waals surface area contributed by atoms with Crippen LogP contribution in [0.2, 0.25) is 0 Å². The topological polar surface area (TPSA) is 67.9 Å². The van der Waals surface area contributed by atoms with Crippen molar-refractivity contribution in [3.63, 3.8) is 0 Å². The quantitative estimate of drug-likeness (QED) is 0.832. The molecule has 1 aliphatic heterocycles. The zero-order valence-corrected chi connectivity index (χ0v) is 16.7. The van der Waals surface area contributed by atoms with E-state index in [-0.39, 0.29) is 23.8 Å². The number of hydrogen-bond donors (Lipinski definition) is 1. The molecule has 1 fully saturated rings. The van der Waals surface area contributed by atoms with Crippen LogP contribution in [0.15, 0.2) is 36.4 Å². The molecule has 0 spiro atoms. The molecule has 6 nitrogen and oxygen atoms in total. The molecular weight excluding hydrogens is 356 g/mol. The lowest BCUT2D eigenvalue weighted by molar-refractivity contribution is -0.127. The fourth-order valence-corrected chi connectivity index (χ4v) is 3.83. The van der Waals surface area contributed by atoms with E-state index in [4.69, 9.17) is 9.47 Å². The van der Waals surface area contributed by atoms with E-state index in [0.29, 0.717) is 25.3 Å². The van der Waals surface area contributed by atoms with Crippen molar-refractivity contribution in [1.29, 1.82) is 0 Å². The maximum absolute atomic E-state index is 13.2. The standard InChI is InChI=1S/C22H28N2O4/c1-15(14-27-2)23-21(25)16-7-6-12-24(13-16)22(26)19-10-11-20(28-3)18-9-5-4-8-17(18)19/h4-5,8-11,15-16H,6-7,12-14H2,1-3H3,(H,23,25). The van der Waals surface area contributed by atoms with Crippen LogP contribution >= 0.6 is 0 Å². The summed E-state index contributed by atoms with van der Waals surface area (Å²) >= 11 is 0. The monoisotopic (exact) mass is 384 g/mol. The van der Waals surface area contributed by atoms with Crippen LogP contribution in [0, 0.1) is 5.92 Å². The summed E-state index contributed by atoms with van der Waals surface area (Å²) in [4.78, 5) is 27.6. The zero-order chi connectivity index (χ0) is 20.1. The molecule has 1 saturated heterocycles. The van der Waals surface area contributed by atoms with Gasteiger partial charge in [0.1, 0.15) is 5.75 Å². The average Bonchev–Trinajstić information content (AvgIpc) is 2.72. The van der Waals surface area contributed by atoms with Crippen molar-refractivity contribution < 1.29 is 19.1 Å². The predicted octanol–water partition coefficient (Wildman–Crippen LogP) is 2.85. The number of carbonyl (C=O) groups excluding carboxylic acids is 2. The number of methoxy groups -OCH3 is 2. The van der Waals surface area contributed by atoms with Gasteiger partial charge in [0.2, 0.25) is 5.91 Å². The number of likely N-dealkylation sites (tertiary alicyclic amines) is 1. The summed E-state index contributed by atoms with van der Waals surface area (Å²) in [7, 11) is 3.24. The van der Waals surface area contributed by atoms with E-state index in [0.717, 1.165) is 29.4 Å². The van der Waals surface area contributed by atoms with Gasteiger partial charge in [-0.05, 0) is 37.3 Å². The molecule has 3 rings (SSSR count). The van der Waals surface area contributed by atoms with Gasteiger partial charge >= 0.3 is 0 Å². The van der Waals surface area contributed by atoms with Crippen LogP contribution in [-0.4, -0.2) is 56.7 Å². The highest BCUT2D eigenvalue weighted by Gasteiger charge is 2.30. The number of nitrogens with one attached hydrogen (secondary N) is 1. The Morgan fingerprint density at radius 1 is 1.18 bits per heavy atom. The van der Waals surface area contributed by atoms with Gasteiger partial charge in [0.05, 0.1) is 19.6 Å². The summed E-state index contributed by atoms with van der Waals surface area (Å²) in [6, 6.07) is 11.3. The Balaban J connectivity index is 1.78. The smallest absolute Gasteiger partial charge is 0.254 e. The summed E-state index contributed by atoms with van der Waals surface area (Å²) in [5, 5.41) is 4.76. The van der Waals surface area contributed by atoms with Crippen molar-refractivity contribution in [1.82, 2.24) is 10.2 Å². The van der Waals surface area contributed by atoms with Crippen molar-refractivity contribution in [3.05, 3.63) is 42.0 Å². The first-order chi connectivity index (χ1) is 13.5. The maximum Gasteiger partial charge on any atom is 0.254 e. The van der Waals surface area contributed by atoms with E-state index < -0.39 is 0 Å². The average molecular weight is 384 g/mol. The van der Waals surface area contributed by atoms with E-state index in [9.17, 15) is 9.59 Å². The first-order valence-electron chi connectivity index (χ1n) is 9.69. The molecule has 0 saturated carbocycles. The second-order valence-corrected chi connectivity index (χ2v) is 7.32. The van der Waals surface area contributed by atoms with Gasteiger partial charge in [-0.15, -0.1) is 0 Å². The molecule has 0 radical (unpaired) electrons. The fourth-order valence-electron chi connectivity index (χ4n) is 3.83. The lowest BCUT2D eigenvalue weighted by Crippen LogP contribution is -2.47. The molecule has 2 unspecified atom stereocenters. The molecule has 2 atom stereocenters. The Morgan fingerprint density at radius 2 is 1.93 bits per heavy atom. The first-order valence-corrected chi connectivity index (χ1v) is 9.69. The number of carbonyl (C=O) groups is 2. The van der Waals surface area contributed by atoms with E-state index in [2.05, 4.69) is 5.32 Å². The molecule has 28 heavy (non-hydrogen) atoms. The number of ether oxygens (including phenoxy) is 2. The van der Waals surface area contributed by atoms with Gasteiger partial charge in [0.15, 0.2) is 0 Å². The number of nitrogens with zero attached hydrogens (tertiary/aromatic N) is 1. The van der Waals surface area contributed by atoms with E-state index in [1.165, 1.54) is 0 Å². The number of amides is 2. The van der Waals surface area contributed by atoms with Gasteiger partial charge in [-0.25, -0.2) is 0 Å². The van der Waals surface area contributed by atoms with Gasteiger partial charge in [0.25, 0.3) is 5.91 Å². The van der Waals surface area contributed by atoms with Crippen LogP contribution in [0.4, 0.5) is 0 Å². The Kier molecular flexibility index (Phi) is 6.52. The molecule has 2 aromatic carbocycles.